The fraction of sp³-hybridized carbons (Fsp3) is 0.440. The number of aromatic nitrogens is 3. The van der Waals surface area contributed by atoms with Crippen LogP contribution < -0.4 is 0 Å². The molecule has 0 saturated carbocycles. The maximum absolute atomic E-state index is 12.9. The van der Waals surface area contributed by atoms with Gasteiger partial charge in [-0.25, -0.2) is 4.79 Å². The number of halogens is 3. The van der Waals surface area contributed by atoms with E-state index in [4.69, 9.17) is 4.74 Å². The summed E-state index contributed by atoms with van der Waals surface area (Å²) in [5.74, 6) is -0.0170. The Balaban J connectivity index is 1.06. The second-order valence-corrected chi connectivity index (χ2v) is 9.33. The summed E-state index contributed by atoms with van der Waals surface area (Å²) in [6, 6.07) is 10.4. The number of carbonyl (C=O) groups excluding carboxylic acids is 2. The maximum atomic E-state index is 12.9. The third kappa shape index (κ3) is 5.68. The molecule has 37 heavy (non-hydrogen) atoms. The van der Waals surface area contributed by atoms with Crippen LogP contribution in [0.1, 0.15) is 34.3 Å². The predicted octanol–water partition coefficient (Wildman–Crippen LogP) is 3.54. The number of fused-ring (bicyclic) bond motifs is 1. The topological polar surface area (TPSA) is 94.7 Å². The normalized spacial score (nSPS) is 17.8. The molecule has 0 spiro atoms. The van der Waals surface area contributed by atoms with Gasteiger partial charge in [-0.05, 0) is 48.7 Å². The van der Waals surface area contributed by atoms with Crippen LogP contribution >= 0.6 is 0 Å². The molecule has 0 unspecified atom stereocenters. The number of piperidine rings is 1. The first-order valence-corrected chi connectivity index (χ1v) is 12.2. The van der Waals surface area contributed by atoms with E-state index in [1.165, 1.54) is 12.1 Å². The van der Waals surface area contributed by atoms with Crippen molar-refractivity contribution in [3.05, 3.63) is 59.2 Å². The minimum atomic E-state index is -4.44. The maximum Gasteiger partial charge on any atom is 0.416 e. The lowest BCUT2D eigenvalue weighted by molar-refractivity contribution is -0.137. The van der Waals surface area contributed by atoms with Crippen molar-refractivity contribution in [2.45, 2.75) is 31.7 Å². The van der Waals surface area contributed by atoms with E-state index >= 15 is 0 Å². The highest BCUT2D eigenvalue weighted by molar-refractivity contribution is 5.97. The number of amides is 2. The van der Waals surface area contributed by atoms with Gasteiger partial charge in [0, 0.05) is 50.9 Å². The second-order valence-electron chi connectivity index (χ2n) is 9.33. The van der Waals surface area contributed by atoms with Crippen LogP contribution in [0.4, 0.5) is 18.0 Å². The van der Waals surface area contributed by atoms with Gasteiger partial charge in [-0.3, -0.25) is 9.69 Å². The third-order valence-electron chi connectivity index (χ3n) is 7.02. The van der Waals surface area contributed by atoms with Crippen LogP contribution in [0.3, 0.4) is 0 Å². The molecule has 1 aromatic heterocycles. The monoisotopic (exact) mass is 516 g/mol. The zero-order chi connectivity index (χ0) is 26.0. The van der Waals surface area contributed by atoms with Crippen LogP contribution in [0.25, 0.3) is 11.0 Å². The highest BCUT2D eigenvalue weighted by Gasteiger charge is 2.32. The number of nitrogens with zero attached hydrogens (tertiary/aromatic N) is 5. The molecule has 0 bridgehead atoms. The summed E-state index contributed by atoms with van der Waals surface area (Å²) in [7, 11) is 0. The lowest BCUT2D eigenvalue weighted by Gasteiger charge is -2.42. The Morgan fingerprint density at radius 1 is 0.919 bits per heavy atom. The van der Waals surface area contributed by atoms with Gasteiger partial charge in [0.15, 0.2) is 0 Å². The third-order valence-corrected chi connectivity index (χ3v) is 7.02. The number of H-pyrrole nitrogens is 1. The molecule has 0 atom stereocenters. The Morgan fingerprint density at radius 3 is 2.38 bits per heavy atom. The summed E-state index contributed by atoms with van der Waals surface area (Å²) in [6.45, 7) is 3.43. The molecule has 1 N–H and O–H groups in total. The number of alkyl halides is 3. The van der Waals surface area contributed by atoms with Gasteiger partial charge in [0.1, 0.15) is 17.6 Å². The smallest absolute Gasteiger partial charge is 0.416 e. The zero-order valence-corrected chi connectivity index (χ0v) is 20.1. The standard InChI is InChI=1S/C25H27F3N6O3/c26-25(27,28)19-3-1-2-17(14-19)16-37-24(36)34-12-10-32(11-13-34)20-6-8-33(9-7-20)23(35)18-4-5-21-22(15-18)30-31-29-21/h1-5,14-15,20H,6-13,16H2,(H,29,30,31). The first kappa shape index (κ1) is 25.0. The molecule has 5 rings (SSSR count). The molecular weight excluding hydrogens is 489 g/mol. The van der Waals surface area contributed by atoms with E-state index in [1.54, 1.807) is 23.1 Å². The quantitative estimate of drug-likeness (QED) is 0.570. The molecule has 0 radical (unpaired) electrons. The SMILES string of the molecule is O=C(OCc1cccc(C(F)(F)F)c1)N1CCN(C2CCN(C(=O)c3ccc4n[nH]nc4c3)CC2)CC1. The van der Waals surface area contributed by atoms with Crippen molar-refractivity contribution in [1.82, 2.24) is 30.1 Å². The minimum absolute atomic E-state index is 0.0170. The minimum Gasteiger partial charge on any atom is -0.445 e. The number of ether oxygens (including phenoxy) is 1. The van der Waals surface area contributed by atoms with Crippen molar-refractivity contribution in [3.8, 4) is 0 Å². The number of nitrogens with one attached hydrogen (secondary N) is 1. The summed E-state index contributed by atoms with van der Waals surface area (Å²) in [4.78, 5) is 31.2. The number of aromatic amines is 1. The largest absolute Gasteiger partial charge is 0.445 e. The van der Waals surface area contributed by atoms with Crippen molar-refractivity contribution in [2.24, 2.45) is 0 Å². The van der Waals surface area contributed by atoms with Crippen molar-refractivity contribution in [1.29, 1.82) is 0 Å². The number of likely N-dealkylation sites (tertiary alicyclic amines) is 1. The van der Waals surface area contributed by atoms with Gasteiger partial charge in [-0.2, -0.15) is 28.6 Å². The zero-order valence-electron chi connectivity index (χ0n) is 20.1. The van der Waals surface area contributed by atoms with Crippen LogP contribution in [0.5, 0.6) is 0 Å². The molecule has 196 valence electrons. The van der Waals surface area contributed by atoms with E-state index in [9.17, 15) is 22.8 Å². The average Bonchev–Trinajstić information content (AvgIpc) is 3.39. The fourth-order valence-electron chi connectivity index (χ4n) is 4.93. The highest BCUT2D eigenvalue weighted by atomic mass is 19.4. The van der Waals surface area contributed by atoms with Gasteiger partial charge in [-0.15, -0.1) is 0 Å². The van der Waals surface area contributed by atoms with E-state index in [0.29, 0.717) is 67.5 Å². The lowest BCUT2D eigenvalue weighted by atomic mass is 10.0. The van der Waals surface area contributed by atoms with Gasteiger partial charge < -0.3 is 14.5 Å². The Morgan fingerprint density at radius 2 is 1.65 bits per heavy atom. The molecule has 2 amide bonds. The summed E-state index contributed by atoms with van der Waals surface area (Å²) >= 11 is 0. The molecule has 12 heteroatoms. The Labute approximate surface area is 211 Å². The molecule has 0 aliphatic carbocycles. The molecule has 2 aliphatic rings. The van der Waals surface area contributed by atoms with Crippen molar-refractivity contribution in [3.63, 3.8) is 0 Å². The number of piperazine rings is 1. The number of hydrogen-bond donors (Lipinski definition) is 1. The van der Waals surface area contributed by atoms with Crippen LogP contribution in [-0.2, 0) is 17.5 Å². The summed E-state index contributed by atoms with van der Waals surface area (Å²) in [5.41, 5.74) is 1.50. The van der Waals surface area contributed by atoms with Gasteiger partial charge in [0.25, 0.3) is 5.91 Å². The number of hydrogen-bond acceptors (Lipinski definition) is 6. The molecule has 2 saturated heterocycles. The van der Waals surface area contributed by atoms with Crippen molar-refractivity contribution in [2.75, 3.05) is 39.3 Å². The predicted molar refractivity (Wildman–Crippen MR) is 128 cm³/mol. The van der Waals surface area contributed by atoms with E-state index in [1.807, 2.05) is 4.90 Å². The Kier molecular flexibility index (Phi) is 7.00. The van der Waals surface area contributed by atoms with E-state index in [-0.39, 0.29) is 12.5 Å². The van der Waals surface area contributed by atoms with E-state index in [2.05, 4.69) is 20.3 Å². The molecule has 9 nitrogen and oxygen atoms in total. The van der Waals surface area contributed by atoms with Crippen molar-refractivity contribution >= 4 is 23.0 Å². The van der Waals surface area contributed by atoms with Crippen molar-refractivity contribution < 1.29 is 27.5 Å². The van der Waals surface area contributed by atoms with Gasteiger partial charge in [0.05, 0.1) is 5.56 Å². The molecule has 3 heterocycles. The molecular formula is C25H27F3N6O3. The number of carbonyl (C=O) groups is 2. The van der Waals surface area contributed by atoms with E-state index in [0.717, 1.165) is 25.0 Å². The first-order valence-electron chi connectivity index (χ1n) is 12.2. The summed E-state index contributed by atoms with van der Waals surface area (Å²) < 4.78 is 43.9. The number of benzene rings is 2. The Bertz CT molecular complexity index is 1260. The molecule has 3 aromatic rings. The second kappa shape index (κ2) is 10.4. The van der Waals surface area contributed by atoms with Crippen LogP contribution in [-0.4, -0.2) is 87.4 Å². The highest BCUT2D eigenvalue weighted by Crippen LogP contribution is 2.29. The Hall–Kier alpha value is -3.67. The van der Waals surface area contributed by atoms with Gasteiger partial charge in [0.2, 0.25) is 0 Å². The average molecular weight is 517 g/mol. The van der Waals surface area contributed by atoms with Gasteiger partial charge in [-0.1, -0.05) is 12.1 Å². The summed E-state index contributed by atoms with van der Waals surface area (Å²) in [6.07, 6.45) is -3.27. The molecule has 2 aliphatic heterocycles. The fourth-order valence-corrected chi connectivity index (χ4v) is 4.93. The van der Waals surface area contributed by atoms with Crippen LogP contribution in [0.2, 0.25) is 0 Å². The van der Waals surface area contributed by atoms with E-state index < -0.39 is 17.8 Å². The first-order chi connectivity index (χ1) is 17.8. The summed E-state index contributed by atoms with van der Waals surface area (Å²) in [5, 5.41) is 10.6. The molecule has 2 aromatic carbocycles. The van der Waals surface area contributed by atoms with Crippen LogP contribution in [0, 0.1) is 0 Å². The lowest BCUT2D eigenvalue weighted by Crippen LogP contribution is -2.54. The number of rotatable bonds is 4. The van der Waals surface area contributed by atoms with Crippen LogP contribution in [0.15, 0.2) is 42.5 Å². The molecule has 2 fully saturated rings. The van der Waals surface area contributed by atoms with Gasteiger partial charge >= 0.3 is 12.3 Å².